The Kier molecular flexibility index (Phi) is 6.57. The lowest BCUT2D eigenvalue weighted by Gasteiger charge is -2.19. The van der Waals surface area contributed by atoms with Gasteiger partial charge in [-0.25, -0.2) is 0 Å². The lowest BCUT2D eigenvalue weighted by Crippen LogP contribution is -2.30. The Balaban J connectivity index is 1.96. The first-order valence-corrected chi connectivity index (χ1v) is 8.02. The molecule has 0 atom stereocenters. The number of hydrogen-bond donors (Lipinski definition) is 2. The number of hydrogen-bond acceptors (Lipinski definition) is 5. The molecule has 0 bridgehead atoms. The first-order valence-electron chi connectivity index (χ1n) is 8.02. The van der Waals surface area contributed by atoms with E-state index in [1.54, 1.807) is 38.5 Å². The van der Waals surface area contributed by atoms with Crippen molar-refractivity contribution in [3.63, 3.8) is 0 Å². The van der Waals surface area contributed by atoms with Crippen LogP contribution in [0.4, 0.5) is 5.69 Å². The highest BCUT2D eigenvalue weighted by molar-refractivity contribution is 5.95. The fraction of sp³-hybridized carbons (Fsp3) is 0.263. The number of carbonyl (C=O) groups is 2. The van der Waals surface area contributed by atoms with Crippen molar-refractivity contribution in [1.82, 2.24) is 4.90 Å². The molecular formula is C19H23N3O4. The minimum atomic E-state index is -0.505. The second-order valence-electron chi connectivity index (χ2n) is 5.81. The summed E-state index contributed by atoms with van der Waals surface area (Å²) in [7, 11) is 5.01. The third-order valence-corrected chi connectivity index (χ3v) is 3.79. The molecule has 2 rings (SSSR count). The second kappa shape index (κ2) is 8.87. The second-order valence-corrected chi connectivity index (χ2v) is 5.81. The first-order chi connectivity index (χ1) is 12.4. The maximum absolute atomic E-state index is 12.2. The summed E-state index contributed by atoms with van der Waals surface area (Å²) in [6.07, 6.45) is 0. The molecule has 2 amide bonds. The number of ether oxygens (including phenoxy) is 2. The van der Waals surface area contributed by atoms with Crippen molar-refractivity contribution in [1.29, 1.82) is 0 Å². The van der Waals surface area contributed by atoms with Crippen molar-refractivity contribution < 1.29 is 19.1 Å². The molecule has 3 N–H and O–H groups in total. The number of nitrogens with one attached hydrogen (secondary N) is 1. The van der Waals surface area contributed by atoms with Crippen molar-refractivity contribution in [2.75, 3.05) is 33.1 Å². The molecule has 0 saturated heterocycles. The van der Waals surface area contributed by atoms with Crippen LogP contribution in [0.25, 0.3) is 0 Å². The molecule has 26 heavy (non-hydrogen) atoms. The van der Waals surface area contributed by atoms with Gasteiger partial charge < -0.3 is 20.5 Å². The van der Waals surface area contributed by atoms with Crippen LogP contribution < -0.4 is 20.5 Å². The number of para-hydroxylation sites is 1. The summed E-state index contributed by atoms with van der Waals surface area (Å²) in [5, 5.41) is 2.79. The molecule has 0 aliphatic heterocycles. The summed E-state index contributed by atoms with van der Waals surface area (Å²) in [4.78, 5) is 25.1. The van der Waals surface area contributed by atoms with Crippen LogP contribution >= 0.6 is 0 Å². The summed E-state index contributed by atoms with van der Waals surface area (Å²) >= 11 is 0. The Morgan fingerprint density at radius 2 is 1.77 bits per heavy atom. The van der Waals surface area contributed by atoms with Crippen LogP contribution in [0.15, 0.2) is 42.5 Å². The molecule has 0 radical (unpaired) electrons. The van der Waals surface area contributed by atoms with Crippen LogP contribution in [0.3, 0.4) is 0 Å². The van der Waals surface area contributed by atoms with E-state index in [0.29, 0.717) is 29.3 Å². The molecule has 2 aromatic carbocycles. The van der Waals surface area contributed by atoms with E-state index in [9.17, 15) is 9.59 Å². The average molecular weight is 357 g/mol. The monoisotopic (exact) mass is 357 g/mol. The topological polar surface area (TPSA) is 93.9 Å². The van der Waals surface area contributed by atoms with Gasteiger partial charge in [-0.15, -0.1) is 0 Å². The van der Waals surface area contributed by atoms with E-state index < -0.39 is 5.91 Å². The molecule has 0 aliphatic carbocycles. The molecule has 138 valence electrons. The quantitative estimate of drug-likeness (QED) is 0.752. The van der Waals surface area contributed by atoms with Gasteiger partial charge in [-0.2, -0.15) is 0 Å². The summed E-state index contributed by atoms with van der Waals surface area (Å²) in [5.41, 5.74) is 7.12. The number of anilines is 1. The van der Waals surface area contributed by atoms with E-state index in [1.807, 2.05) is 30.1 Å². The molecule has 0 spiro atoms. The van der Waals surface area contributed by atoms with Crippen LogP contribution in [0.5, 0.6) is 11.5 Å². The minimum absolute atomic E-state index is 0.166. The lowest BCUT2D eigenvalue weighted by molar-refractivity contribution is -0.117. The van der Waals surface area contributed by atoms with Gasteiger partial charge >= 0.3 is 0 Å². The number of carbonyl (C=O) groups excluding carboxylic acids is 2. The Labute approximate surface area is 152 Å². The van der Waals surface area contributed by atoms with Gasteiger partial charge in [0, 0.05) is 23.4 Å². The summed E-state index contributed by atoms with van der Waals surface area (Å²) < 4.78 is 10.7. The number of likely N-dealkylation sites (N-methyl/N-ethyl adjacent to an activating group) is 1. The number of nitrogens with zero attached hydrogens (tertiary/aromatic N) is 1. The molecule has 0 aromatic heterocycles. The van der Waals surface area contributed by atoms with Gasteiger partial charge in [-0.3, -0.25) is 14.5 Å². The number of nitrogens with two attached hydrogens (primary N) is 1. The minimum Gasteiger partial charge on any atom is -0.493 e. The predicted octanol–water partition coefficient (Wildman–Crippen LogP) is 1.87. The molecule has 2 aromatic rings. The molecule has 0 unspecified atom stereocenters. The summed E-state index contributed by atoms with van der Waals surface area (Å²) in [5.74, 6) is 0.637. The highest BCUT2D eigenvalue weighted by atomic mass is 16.5. The van der Waals surface area contributed by atoms with Crippen molar-refractivity contribution >= 4 is 17.5 Å². The maximum Gasteiger partial charge on any atom is 0.248 e. The number of rotatable bonds is 8. The van der Waals surface area contributed by atoms with E-state index in [4.69, 9.17) is 15.2 Å². The van der Waals surface area contributed by atoms with E-state index in [0.717, 1.165) is 5.56 Å². The van der Waals surface area contributed by atoms with Gasteiger partial charge in [0.05, 0.1) is 20.8 Å². The van der Waals surface area contributed by atoms with E-state index in [1.165, 1.54) is 0 Å². The molecule has 0 aliphatic rings. The van der Waals surface area contributed by atoms with E-state index in [-0.39, 0.29) is 12.5 Å². The average Bonchev–Trinajstić information content (AvgIpc) is 2.61. The van der Waals surface area contributed by atoms with Crippen LogP contribution in [-0.4, -0.2) is 44.5 Å². The van der Waals surface area contributed by atoms with Gasteiger partial charge in [0.1, 0.15) is 0 Å². The largest absolute Gasteiger partial charge is 0.493 e. The smallest absolute Gasteiger partial charge is 0.248 e. The first kappa shape index (κ1) is 19.3. The van der Waals surface area contributed by atoms with Crippen molar-refractivity contribution in [2.24, 2.45) is 5.73 Å². The maximum atomic E-state index is 12.2. The summed E-state index contributed by atoms with van der Waals surface area (Å²) in [6.45, 7) is 0.715. The third-order valence-electron chi connectivity index (χ3n) is 3.79. The van der Waals surface area contributed by atoms with Gasteiger partial charge in [-0.1, -0.05) is 12.1 Å². The van der Waals surface area contributed by atoms with Crippen LogP contribution in [0.1, 0.15) is 15.9 Å². The van der Waals surface area contributed by atoms with E-state index >= 15 is 0 Å². The number of amides is 2. The van der Waals surface area contributed by atoms with E-state index in [2.05, 4.69) is 5.32 Å². The fourth-order valence-corrected chi connectivity index (χ4v) is 2.59. The Bertz CT molecular complexity index is 775. The van der Waals surface area contributed by atoms with Crippen LogP contribution in [0.2, 0.25) is 0 Å². The molecule has 0 saturated carbocycles. The van der Waals surface area contributed by atoms with Crippen molar-refractivity contribution in [2.45, 2.75) is 6.54 Å². The highest BCUT2D eigenvalue weighted by Gasteiger charge is 2.13. The summed E-state index contributed by atoms with van der Waals surface area (Å²) in [6, 6.07) is 12.1. The zero-order valence-corrected chi connectivity index (χ0v) is 15.1. The van der Waals surface area contributed by atoms with Gasteiger partial charge in [0.25, 0.3) is 0 Å². The predicted molar refractivity (Wildman–Crippen MR) is 99.5 cm³/mol. The van der Waals surface area contributed by atoms with Gasteiger partial charge in [0.15, 0.2) is 11.5 Å². The third kappa shape index (κ3) is 4.97. The molecule has 7 nitrogen and oxygen atoms in total. The highest BCUT2D eigenvalue weighted by Crippen LogP contribution is 2.31. The van der Waals surface area contributed by atoms with Crippen LogP contribution in [-0.2, 0) is 11.3 Å². The Morgan fingerprint density at radius 1 is 1.08 bits per heavy atom. The zero-order chi connectivity index (χ0) is 19.1. The number of benzene rings is 2. The molecule has 7 heteroatoms. The fourth-order valence-electron chi connectivity index (χ4n) is 2.59. The standard InChI is InChI=1S/C19H23N3O4/c1-22(11-14-5-4-6-16(25-2)18(14)26-3)12-17(23)21-15-9-7-13(8-10-15)19(20)24/h4-10H,11-12H2,1-3H3,(H2,20,24)(H,21,23). The molecule has 0 heterocycles. The Hall–Kier alpha value is -3.06. The van der Waals surface area contributed by atoms with Crippen molar-refractivity contribution in [3.8, 4) is 11.5 Å². The normalized spacial score (nSPS) is 10.5. The SMILES string of the molecule is COc1cccc(CN(C)CC(=O)Nc2ccc(C(N)=O)cc2)c1OC. The zero-order valence-electron chi connectivity index (χ0n) is 15.1. The van der Waals surface area contributed by atoms with Gasteiger partial charge in [0.2, 0.25) is 11.8 Å². The molecule has 0 fully saturated rings. The number of methoxy groups -OCH3 is 2. The van der Waals surface area contributed by atoms with Crippen LogP contribution in [0, 0.1) is 0 Å². The molecular weight excluding hydrogens is 334 g/mol. The lowest BCUT2D eigenvalue weighted by atomic mass is 10.1. The number of primary amides is 1. The van der Waals surface area contributed by atoms with Crippen molar-refractivity contribution in [3.05, 3.63) is 53.6 Å². The Morgan fingerprint density at radius 3 is 2.35 bits per heavy atom. The van der Waals surface area contributed by atoms with Gasteiger partial charge in [-0.05, 0) is 37.4 Å².